The predicted molar refractivity (Wildman–Crippen MR) is 106 cm³/mol. The van der Waals surface area contributed by atoms with Crippen LogP contribution in [0.15, 0.2) is 60.8 Å². The van der Waals surface area contributed by atoms with Gasteiger partial charge in [-0.15, -0.1) is 0 Å². The van der Waals surface area contributed by atoms with Crippen molar-refractivity contribution in [1.29, 1.82) is 0 Å². The van der Waals surface area contributed by atoms with Gasteiger partial charge in [0.25, 0.3) is 5.91 Å². The molecule has 1 aliphatic heterocycles. The summed E-state index contributed by atoms with van der Waals surface area (Å²) in [6, 6.07) is 16.2. The average Bonchev–Trinajstić information content (AvgIpc) is 3.18. The van der Waals surface area contributed by atoms with Crippen molar-refractivity contribution in [1.82, 2.24) is 4.98 Å². The zero-order chi connectivity index (χ0) is 19.3. The van der Waals surface area contributed by atoms with Gasteiger partial charge in [-0.1, -0.05) is 0 Å². The number of ether oxygens (including phenoxy) is 3. The summed E-state index contributed by atoms with van der Waals surface area (Å²) in [5.74, 6) is 2.57. The normalized spacial score (nSPS) is 11.8. The van der Waals surface area contributed by atoms with Crippen LogP contribution in [-0.4, -0.2) is 24.3 Å². The van der Waals surface area contributed by atoms with Gasteiger partial charge in [-0.2, -0.15) is 0 Å². The van der Waals surface area contributed by atoms with Crippen molar-refractivity contribution >= 4 is 23.1 Å². The quantitative estimate of drug-likeness (QED) is 0.670. The van der Waals surface area contributed by atoms with Gasteiger partial charge in [-0.3, -0.25) is 4.79 Å². The summed E-state index contributed by atoms with van der Waals surface area (Å²) in [7, 11) is 0. The van der Waals surface area contributed by atoms with E-state index in [1.54, 1.807) is 24.3 Å². The van der Waals surface area contributed by atoms with Crippen molar-refractivity contribution in [3.63, 3.8) is 0 Å². The van der Waals surface area contributed by atoms with Crippen LogP contribution in [0.3, 0.4) is 0 Å². The van der Waals surface area contributed by atoms with Gasteiger partial charge in [0.15, 0.2) is 11.5 Å². The van der Waals surface area contributed by atoms with E-state index in [0.29, 0.717) is 29.4 Å². The molecule has 0 bridgehead atoms. The molecule has 2 N–H and O–H groups in total. The maximum atomic E-state index is 12.4. The second kappa shape index (κ2) is 7.87. The van der Waals surface area contributed by atoms with Crippen LogP contribution in [0.4, 0.5) is 17.2 Å². The van der Waals surface area contributed by atoms with Gasteiger partial charge < -0.3 is 24.8 Å². The van der Waals surface area contributed by atoms with Crippen molar-refractivity contribution in [3.8, 4) is 17.2 Å². The smallest absolute Gasteiger partial charge is 0.257 e. The van der Waals surface area contributed by atoms with E-state index in [4.69, 9.17) is 14.2 Å². The van der Waals surface area contributed by atoms with Gasteiger partial charge in [0.1, 0.15) is 11.6 Å². The lowest BCUT2D eigenvalue weighted by Gasteiger charge is -2.09. The SMILES string of the molecule is CCOc1ccc(NC(=O)c2ccc(Nc3ccc4c(c3)OCO4)nc2)cc1. The van der Waals surface area contributed by atoms with E-state index in [0.717, 1.165) is 17.2 Å². The lowest BCUT2D eigenvalue weighted by atomic mass is 10.2. The fraction of sp³-hybridized carbons (Fsp3) is 0.143. The molecule has 0 atom stereocenters. The molecule has 142 valence electrons. The Labute approximate surface area is 162 Å². The number of amides is 1. The molecule has 4 rings (SSSR count). The summed E-state index contributed by atoms with van der Waals surface area (Å²) in [4.78, 5) is 16.7. The number of hydrogen-bond acceptors (Lipinski definition) is 6. The van der Waals surface area contributed by atoms with Crippen molar-refractivity contribution in [3.05, 3.63) is 66.4 Å². The number of aromatic nitrogens is 1. The molecule has 0 saturated carbocycles. The minimum atomic E-state index is -0.230. The van der Waals surface area contributed by atoms with Crippen molar-refractivity contribution in [2.45, 2.75) is 6.92 Å². The lowest BCUT2D eigenvalue weighted by molar-refractivity contribution is 0.102. The predicted octanol–water partition coefficient (Wildman–Crippen LogP) is 4.20. The Morgan fingerprint density at radius 1 is 1.04 bits per heavy atom. The van der Waals surface area contributed by atoms with E-state index in [2.05, 4.69) is 15.6 Å². The summed E-state index contributed by atoms with van der Waals surface area (Å²) in [5, 5.41) is 6.01. The Bertz CT molecular complexity index is 972. The molecule has 0 radical (unpaired) electrons. The van der Waals surface area contributed by atoms with E-state index in [1.807, 2.05) is 37.3 Å². The summed E-state index contributed by atoms with van der Waals surface area (Å²) in [5.41, 5.74) is 1.98. The average molecular weight is 377 g/mol. The Kier molecular flexibility index (Phi) is 4.97. The lowest BCUT2D eigenvalue weighted by Crippen LogP contribution is -2.12. The molecule has 1 aliphatic rings. The van der Waals surface area contributed by atoms with Gasteiger partial charge in [0.2, 0.25) is 6.79 Å². The number of anilines is 3. The highest BCUT2D eigenvalue weighted by molar-refractivity contribution is 6.04. The second-order valence-corrected chi connectivity index (χ2v) is 6.04. The highest BCUT2D eigenvalue weighted by Gasteiger charge is 2.13. The van der Waals surface area contributed by atoms with E-state index < -0.39 is 0 Å². The number of carbonyl (C=O) groups is 1. The van der Waals surface area contributed by atoms with E-state index in [9.17, 15) is 4.79 Å². The minimum Gasteiger partial charge on any atom is -0.494 e. The number of nitrogens with one attached hydrogen (secondary N) is 2. The van der Waals surface area contributed by atoms with Crippen LogP contribution in [-0.2, 0) is 0 Å². The number of carbonyl (C=O) groups excluding carboxylic acids is 1. The molecule has 0 unspecified atom stereocenters. The standard InChI is InChI=1S/C21H19N3O4/c1-2-26-17-7-4-15(5-8-17)24-21(25)14-3-10-20(22-12-14)23-16-6-9-18-19(11-16)28-13-27-18/h3-12H,2,13H2,1H3,(H,22,23)(H,24,25). The topological polar surface area (TPSA) is 81.7 Å². The molecular formula is C21H19N3O4. The number of fused-ring (bicyclic) bond motifs is 1. The van der Waals surface area contributed by atoms with Crippen LogP contribution in [0.25, 0.3) is 0 Å². The Balaban J connectivity index is 1.39. The van der Waals surface area contributed by atoms with E-state index >= 15 is 0 Å². The molecule has 1 aromatic heterocycles. The first-order valence-corrected chi connectivity index (χ1v) is 8.88. The molecule has 0 aliphatic carbocycles. The number of nitrogens with zero attached hydrogens (tertiary/aromatic N) is 1. The van der Waals surface area contributed by atoms with E-state index in [-0.39, 0.29) is 12.7 Å². The highest BCUT2D eigenvalue weighted by atomic mass is 16.7. The number of hydrogen-bond donors (Lipinski definition) is 2. The molecule has 7 heteroatoms. The third-order valence-electron chi connectivity index (χ3n) is 4.09. The van der Waals surface area contributed by atoms with Crippen molar-refractivity contribution in [2.75, 3.05) is 24.0 Å². The minimum absolute atomic E-state index is 0.230. The first-order chi connectivity index (χ1) is 13.7. The molecule has 2 heterocycles. The summed E-state index contributed by atoms with van der Waals surface area (Å²) < 4.78 is 16.1. The first-order valence-electron chi connectivity index (χ1n) is 8.88. The van der Waals surface area contributed by atoms with Crippen molar-refractivity contribution < 1.29 is 19.0 Å². The second-order valence-electron chi connectivity index (χ2n) is 6.04. The van der Waals surface area contributed by atoms with E-state index in [1.165, 1.54) is 6.20 Å². The monoisotopic (exact) mass is 377 g/mol. The largest absolute Gasteiger partial charge is 0.494 e. The summed E-state index contributed by atoms with van der Waals surface area (Å²) >= 11 is 0. The van der Waals surface area contributed by atoms with Gasteiger partial charge in [0.05, 0.1) is 12.2 Å². The highest BCUT2D eigenvalue weighted by Crippen LogP contribution is 2.34. The van der Waals surface area contributed by atoms with Gasteiger partial charge >= 0.3 is 0 Å². The van der Waals surface area contributed by atoms with Crippen LogP contribution in [0, 0.1) is 0 Å². The maximum absolute atomic E-state index is 12.4. The zero-order valence-corrected chi connectivity index (χ0v) is 15.3. The zero-order valence-electron chi connectivity index (χ0n) is 15.3. The number of pyridine rings is 1. The first kappa shape index (κ1) is 17.7. The number of rotatable bonds is 6. The maximum Gasteiger partial charge on any atom is 0.257 e. The fourth-order valence-corrected chi connectivity index (χ4v) is 2.73. The fourth-order valence-electron chi connectivity index (χ4n) is 2.73. The van der Waals surface area contributed by atoms with Crippen LogP contribution in [0.2, 0.25) is 0 Å². The third kappa shape index (κ3) is 3.98. The summed E-state index contributed by atoms with van der Waals surface area (Å²) in [6.45, 7) is 2.76. The van der Waals surface area contributed by atoms with Crippen LogP contribution >= 0.6 is 0 Å². The Morgan fingerprint density at radius 2 is 1.82 bits per heavy atom. The van der Waals surface area contributed by atoms with Crippen LogP contribution < -0.4 is 24.8 Å². The molecule has 7 nitrogen and oxygen atoms in total. The Hall–Kier alpha value is -3.74. The van der Waals surface area contributed by atoms with Gasteiger partial charge in [-0.05, 0) is 55.5 Å². The van der Waals surface area contributed by atoms with Crippen molar-refractivity contribution in [2.24, 2.45) is 0 Å². The molecule has 1 amide bonds. The molecule has 0 saturated heterocycles. The van der Waals surface area contributed by atoms with Gasteiger partial charge in [0, 0.05) is 23.6 Å². The molecule has 2 aromatic carbocycles. The molecule has 28 heavy (non-hydrogen) atoms. The molecule has 0 spiro atoms. The molecule has 3 aromatic rings. The van der Waals surface area contributed by atoms with Gasteiger partial charge in [-0.25, -0.2) is 4.98 Å². The number of benzene rings is 2. The molecule has 0 fully saturated rings. The van der Waals surface area contributed by atoms with Crippen LogP contribution in [0.5, 0.6) is 17.2 Å². The summed E-state index contributed by atoms with van der Waals surface area (Å²) in [6.07, 6.45) is 1.53. The third-order valence-corrected chi connectivity index (χ3v) is 4.09. The van der Waals surface area contributed by atoms with Crippen LogP contribution in [0.1, 0.15) is 17.3 Å². The Morgan fingerprint density at radius 3 is 2.57 bits per heavy atom. The molecular weight excluding hydrogens is 358 g/mol.